The van der Waals surface area contributed by atoms with Crippen LogP contribution in [0, 0.1) is 6.92 Å². The molecular formula is C22H27O3. The molecule has 0 heterocycles. The van der Waals surface area contributed by atoms with Crippen LogP contribution >= 0.6 is 0 Å². The number of carbonyl (C=O) groups excluding carboxylic acids is 1. The summed E-state index contributed by atoms with van der Waals surface area (Å²) in [6, 6.07) is 17.4. The van der Waals surface area contributed by atoms with Gasteiger partial charge in [0.2, 0.25) is 0 Å². The van der Waals surface area contributed by atoms with Crippen molar-refractivity contribution in [3.8, 4) is 11.1 Å². The zero-order valence-corrected chi connectivity index (χ0v) is 14.8. The van der Waals surface area contributed by atoms with E-state index in [2.05, 4.69) is 6.92 Å². The van der Waals surface area contributed by atoms with Gasteiger partial charge in [-0.15, -0.1) is 0 Å². The number of benzene rings is 2. The second-order valence-electron chi connectivity index (χ2n) is 6.11. The van der Waals surface area contributed by atoms with Crippen molar-refractivity contribution < 1.29 is 14.6 Å². The summed E-state index contributed by atoms with van der Waals surface area (Å²) in [6.07, 6.45) is 7.91. The molecule has 1 radical (unpaired) electrons. The maximum atomic E-state index is 11.9. The van der Waals surface area contributed by atoms with Crippen LogP contribution in [0.2, 0.25) is 0 Å². The van der Waals surface area contributed by atoms with Gasteiger partial charge in [-0.3, -0.25) is 4.89 Å². The van der Waals surface area contributed by atoms with Crippen molar-refractivity contribution in [2.24, 2.45) is 0 Å². The van der Waals surface area contributed by atoms with Crippen molar-refractivity contribution in [2.45, 2.75) is 44.9 Å². The maximum absolute atomic E-state index is 11.9. The highest BCUT2D eigenvalue weighted by Gasteiger charge is 2.08. The Hall–Kier alpha value is -2.13. The summed E-state index contributed by atoms with van der Waals surface area (Å²) in [5.41, 5.74) is 2.68. The largest absolute Gasteiger partial charge is 0.373 e. The minimum Gasteiger partial charge on any atom is -0.293 e. The number of unbranched alkanes of at least 4 members (excludes halogenated alkanes) is 6. The SMILES string of the molecule is [CH2]CCCCCCCCOOC(=O)c1ccc(-c2ccccc2)cc1. The molecule has 0 aliphatic heterocycles. The van der Waals surface area contributed by atoms with Gasteiger partial charge in [0.1, 0.15) is 0 Å². The van der Waals surface area contributed by atoms with E-state index in [4.69, 9.17) is 9.78 Å². The molecule has 0 unspecified atom stereocenters. The molecule has 2 aromatic rings. The molecule has 25 heavy (non-hydrogen) atoms. The van der Waals surface area contributed by atoms with Crippen molar-refractivity contribution in [2.75, 3.05) is 6.61 Å². The molecule has 0 amide bonds. The van der Waals surface area contributed by atoms with E-state index < -0.39 is 5.97 Å². The van der Waals surface area contributed by atoms with Gasteiger partial charge < -0.3 is 0 Å². The summed E-state index contributed by atoms with van der Waals surface area (Å²) >= 11 is 0. The first-order valence-corrected chi connectivity index (χ1v) is 9.10. The monoisotopic (exact) mass is 339 g/mol. The lowest BCUT2D eigenvalue weighted by molar-refractivity contribution is -0.241. The van der Waals surface area contributed by atoms with Crippen LogP contribution in [-0.2, 0) is 9.78 Å². The molecule has 133 valence electrons. The van der Waals surface area contributed by atoms with Crippen molar-refractivity contribution in [3.05, 3.63) is 67.1 Å². The van der Waals surface area contributed by atoms with Crippen LogP contribution in [-0.4, -0.2) is 12.6 Å². The Morgan fingerprint density at radius 3 is 2.04 bits per heavy atom. The van der Waals surface area contributed by atoms with Gasteiger partial charge in [0, 0.05) is 0 Å². The Morgan fingerprint density at radius 2 is 1.36 bits per heavy atom. The molecule has 0 saturated carbocycles. The van der Waals surface area contributed by atoms with Gasteiger partial charge in [-0.25, -0.2) is 4.79 Å². The Morgan fingerprint density at radius 1 is 0.760 bits per heavy atom. The van der Waals surface area contributed by atoms with Crippen LogP contribution < -0.4 is 0 Å². The van der Waals surface area contributed by atoms with Crippen molar-refractivity contribution >= 4 is 5.97 Å². The van der Waals surface area contributed by atoms with Gasteiger partial charge in [0.05, 0.1) is 12.2 Å². The van der Waals surface area contributed by atoms with Crippen LogP contribution in [0.5, 0.6) is 0 Å². The molecule has 2 rings (SSSR count). The molecule has 0 fully saturated rings. The molecule has 3 heteroatoms. The molecular weight excluding hydrogens is 312 g/mol. The fraction of sp³-hybridized carbons (Fsp3) is 0.364. The third-order valence-electron chi connectivity index (χ3n) is 4.09. The van der Waals surface area contributed by atoms with Gasteiger partial charge in [0.15, 0.2) is 0 Å². The third kappa shape index (κ3) is 7.10. The highest BCUT2D eigenvalue weighted by molar-refractivity contribution is 5.89. The Kier molecular flexibility index (Phi) is 8.78. The zero-order valence-electron chi connectivity index (χ0n) is 14.8. The van der Waals surface area contributed by atoms with Gasteiger partial charge in [-0.05, 0) is 29.7 Å². The van der Waals surface area contributed by atoms with Gasteiger partial charge in [-0.2, -0.15) is 4.89 Å². The van der Waals surface area contributed by atoms with E-state index in [0.717, 1.165) is 30.4 Å². The van der Waals surface area contributed by atoms with Crippen LogP contribution in [0.3, 0.4) is 0 Å². The number of carbonyl (C=O) groups is 1. The first-order chi connectivity index (χ1) is 12.3. The fourth-order valence-corrected chi connectivity index (χ4v) is 2.62. The lowest BCUT2D eigenvalue weighted by atomic mass is 10.0. The van der Waals surface area contributed by atoms with Gasteiger partial charge >= 0.3 is 5.97 Å². The van der Waals surface area contributed by atoms with Crippen LogP contribution in [0.1, 0.15) is 55.3 Å². The van der Waals surface area contributed by atoms with E-state index in [1.807, 2.05) is 42.5 Å². The Balaban J connectivity index is 1.64. The first kappa shape index (κ1) is 19.2. The standard InChI is InChI=1S/C22H27O3/c1-2-3-4-5-6-7-11-18-24-25-22(23)21-16-14-20(15-17-21)19-12-9-8-10-13-19/h8-10,12-17H,1-7,11,18H2. The first-order valence-electron chi connectivity index (χ1n) is 9.10. The van der Waals surface area contributed by atoms with Crippen molar-refractivity contribution in [1.82, 2.24) is 0 Å². The zero-order chi connectivity index (χ0) is 17.7. The molecule has 0 aromatic heterocycles. The number of hydrogen-bond acceptors (Lipinski definition) is 3. The second-order valence-corrected chi connectivity index (χ2v) is 6.11. The Bertz CT molecular complexity index is 605. The minimum absolute atomic E-state index is 0.448. The van der Waals surface area contributed by atoms with Crippen LogP contribution in [0.25, 0.3) is 11.1 Å². The summed E-state index contributed by atoms with van der Waals surface area (Å²) in [5.74, 6) is -0.449. The topological polar surface area (TPSA) is 35.5 Å². The summed E-state index contributed by atoms with van der Waals surface area (Å²) in [6.45, 7) is 4.28. The molecule has 0 N–H and O–H groups in total. The average molecular weight is 339 g/mol. The van der Waals surface area contributed by atoms with E-state index in [1.54, 1.807) is 12.1 Å². The minimum atomic E-state index is -0.449. The van der Waals surface area contributed by atoms with Gasteiger partial charge in [0.25, 0.3) is 0 Å². The summed E-state index contributed by atoms with van der Waals surface area (Å²) in [4.78, 5) is 21.9. The molecule has 0 aliphatic carbocycles. The van der Waals surface area contributed by atoms with Gasteiger partial charge in [-0.1, -0.05) is 87.9 Å². The van der Waals surface area contributed by atoms with Crippen LogP contribution in [0.4, 0.5) is 0 Å². The summed E-state index contributed by atoms with van der Waals surface area (Å²) in [7, 11) is 0. The Labute approximate surface area is 150 Å². The smallest absolute Gasteiger partial charge is 0.293 e. The third-order valence-corrected chi connectivity index (χ3v) is 4.09. The number of hydrogen-bond donors (Lipinski definition) is 0. The van der Waals surface area contributed by atoms with Crippen molar-refractivity contribution in [1.29, 1.82) is 0 Å². The highest BCUT2D eigenvalue weighted by Crippen LogP contribution is 2.19. The van der Waals surface area contributed by atoms with Crippen molar-refractivity contribution in [3.63, 3.8) is 0 Å². The normalized spacial score (nSPS) is 10.6. The molecule has 0 bridgehead atoms. The van der Waals surface area contributed by atoms with E-state index in [0.29, 0.717) is 12.2 Å². The summed E-state index contributed by atoms with van der Waals surface area (Å²) < 4.78 is 0. The predicted octanol–water partition coefficient (Wildman–Crippen LogP) is 6.01. The lowest BCUT2D eigenvalue weighted by Gasteiger charge is -2.05. The molecule has 0 aliphatic rings. The maximum Gasteiger partial charge on any atom is 0.373 e. The number of rotatable bonds is 11. The molecule has 2 aromatic carbocycles. The molecule has 3 nitrogen and oxygen atoms in total. The summed E-state index contributed by atoms with van der Waals surface area (Å²) in [5, 5.41) is 0. The predicted molar refractivity (Wildman–Crippen MR) is 101 cm³/mol. The van der Waals surface area contributed by atoms with E-state index in [-0.39, 0.29) is 0 Å². The molecule has 0 atom stereocenters. The van der Waals surface area contributed by atoms with Crippen LogP contribution in [0.15, 0.2) is 54.6 Å². The molecule has 0 saturated heterocycles. The fourth-order valence-electron chi connectivity index (χ4n) is 2.62. The second kappa shape index (κ2) is 11.4. The molecule has 0 spiro atoms. The van der Waals surface area contributed by atoms with E-state index in [1.165, 1.54) is 25.7 Å². The lowest BCUT2D eigenvalue weighted by Crippen LogP contribution is -2.07. The average Bonchev–Trinajstić information content (AvgIpc) is 2.67. The highest BCUT2D eigenvalue weighted by atomic mass is 17.2. The van der Waals surface area contributed by atoms with E-state index in [9.17, 15) is 4.79 Å². The van der Waals surface area contributed by atoms with E-state index >= 15 is 0 Å². The quantitative estimate of drug-likeness (QED) is 0.286.